The molecule has 3 N–H and O–H groups in total. The van der Waals surface area contributed by atoms with Gasteiger partial charge in [0, 0.05) is 12.1 Å². The van der Waals surface area contributed by atoms with Crippen LogP contribution in [0.4, 0.5) is 0 Å². The van der Waals surface area contributed by atoms with E-state index >= 15 is 0 Å². The molecule has 0 bridgehead atoms. The Kier molecular flexibility index (Phi) is 2.63. The van der Waals surface area contributed by atoms with E-state index in [1.807, 2.05) is 0 Å². The van der Waals surface area contributed by atoms with Crippen molar-refractivity contribution in [1.29, 1.82) is 0 Å². The highest BCUT2D eigenvalue weighted by molar-refractivity contribution is 5.73. The van der Waals surface area contributed by atoms with Crippen molar-refractivity contribution in [2.24, 2.45) is 5.41 Å². The molecular weight excluding hydrogens is 170 g/mol. The van der Waals surface area contributed by atoms with Gasteiger partial charge >= 0.3 is 5.97 Å². The topological polar surface area (TPSA) is 69.6 Å². The maximum atomic E-state index is 10.7. The molecule has 0 heterocycles. The fourth-order valence-corrected chi connectivity index (χ4v) is 1.03. The number of aliphatic hydroxyl groups is 1. The maximum absolute atomic E-state index is 10.7. The van der Waals surface area contributed by atoms with Gasteiger partial charge in [0.25, 0.3) is 0 Å². The summed E-state index contributed by atoms with van der Waals surface area (Å²) in [5.41, 5.74) is -0.933. The fraction of sp³-hybridized carbons (Fsp3) is 0.889. The fourth-order valence-electron chi connectivity index (χ4n) is 1.03. The van der Waals surface area contributed by atoms with E-state index in [1.54, 1.807) is 13.8 Å². The van der Waals surface area contributed by atoms with Crippen LogP contribution in [0.2, 0.25) is 0 Å². The zero-order valence-corrected chi connectivity index (χ0v) is 8.13. The highest BCUT2D eigenvalue weighted by Gasteiger charge is 2.43. The van der Waals surface area contributed by atoms with Crippen molar-refractivity contribution in [2.45, 2.75) is 32.2 Å². The third kappa shape index (κ3) is 2.42. The van der Waals surface area contributed by atoms with Gasteiger partial charge in [-0.2, -0.15) is 0 Å². The zero-order chi connectivity index (χ0) is 10.1. The van der Waals surface area contributed by atoms with Gasteiger partial charge in [-0.15, -0.1) is 0 Å². The first-order valence-electron chi connectivity index (χ1n) is 4.51. The number of hydrogen-bond acceptors (Lipinski definition) is 3. The second kappa shape index (κ2) is 3.27. The van der Waals surface area contributed by atoms with Gasteiger partial charge in [0.15, 0.2) is 0 Å². The van der Waals surface area contributed by atoms with Crippen LogP contribution in [0.1, 0.15) is 26.7 Å². The normalized spacial score (nSPS) is 19.9. The van der Waals surface area contributed by atoms with Crippen LogP contribution in [0, 0.1) is 5.41 Å². The van der Waals surface area contributed by atoms with Gasteiger partial charge in [-0.25, -0.2) is 0 Å². The average Bonchev–Trinajstić information content (AvgIpc) is 2.81. The minimum absolute atomic E-state index is 0.0999. The highest BCUT2D eigenvalue weighted by atomic mass is 16.4. The molecule has 0 saturated heterocycles. The number of nitrogens with one attached hydrogen (secondary N) is 1. The molecule has 13 heavy (non-hydrogen) atoms. The summed E-state index contributed by atoms with van der Waals surface area (Å²) in [4.78, 5) is 10.7. The summed E-state index contributed by atoms with van der Waals surface area (Å²) in [5, 5.41) is 20.9. The molecule has 0 aromatic carbocycles. The summed E-state index contributed by atoms with van der Waals surface area (Å²) < 4.78 is 0. The lowest BCUT2D eigenvalue weighted by Crippen LogP contribution is -2.44. The van der Waals surface area contributed by atoms with Crippen LogP contribution < -0.4 is 5.32 Å². The number of rotatable bonds is 5. The molecule has 0 aliphatic heterocycles. The summed E-state index contributed by atoms with van der Waals surface area (Å²) in [7, 11) is 0. The first-order chi connectivity index (χ1) is 5.92. The first kappa shape index (κ1) is 10.5. The van der Waals surface area contributed by atoms with Crippen LogP contribution in [0.5, 0.6) is 0 Å². The Bertz CT molecular complexity index is 209. The molecule has 4 nitrogen and oxygen atoms in total. The predicted octanol–water partition coefficient (Wildman–Crippen LogP) is 0.212. The Morgan fingerprint density at radius 2 is 2.08 bits per heavy atom. The minimum Gasteiger partial charge on any atom is -0.481 e. The average molecular weight is 187 g/mol. The molecule has 0 aromatic heterocycles. The SMILES string of the molecule is CC(C)(CNC1(CO)CC1)C(=O)O. The lowest BCUT2D eigenvalue weighted by molar-refractivity contribution is -0.146. The highest BCUT2D eigenvalue weighted by Crippen LogP contribution is 2.35. The summed E-state index contributed by atoms with van der Waals surface area (Å²) in [5.74, 6) is -0.811. The Morgan fingerprint density at radius 1 is 1.54 bits per heavy atom. The zero-order valence-electron chi connectivity index (χ0n) is 8.13. The van der Waals surface area contributed by atoms with Crippen molar-refractivity contribution < 1.29 is 15.0 Å². The first-order valence-corrected chi connectivity index (χ1v) is 4.51. The number of carbonyl (C=O) groups is 1. The van der Waals surface area contributed by atoms with Crippen molar-refractivity contribution >= 4 is 5.97 Å². The summed E-state index contributed by atoms with van der Waals surface area (Å²) in [6.45, 7) is 3.86. The van der Waals surface area contributed by atoms with Gasteiger partial charge in [0.2, 0.25) is 0 Å². The van der Waals surface area contributed by atoms with Crippen molar-refractivity contribution in [3.05, 3.63) is 0 Å². The van der Waals surface area contributed by atoms with Crippen molar-refractivity contribution in [2.75, 3.05) is 13.2 Å². The molecule has 0 atom stereocenters. The van der Waals surface area contributed by atoms with Crippen molar-refractivity contribution in [3.63, 3.8) is 0 Å². The standard InChI is InChI=1S/C9H17NO3/c1-8(2,7(12)13)5-10-9(6-11)3-4-9/h10-11H,3-6H2,1-2H3,(H,12,13). The molecule has 1 rings (SSSR count). The maximum Gasteiger partial charge on any atom is 0.310 e. The van der Waals surface area contributed by atoms with Crippen LogP contribution in [-0.2, 0) is 4.79 Å². The van der Waals surface area contributed by atoms with E-state index in [0.717, 1.165) is 12.8 Å². The monoisotopic (exact) mass is 187 g/mol. The predicted molar refractivity (Wildman–Crippen MR) is 48.5 cm³/mol. The van der Waals surface area contributed by atoms with Gasteiger partial charge in [-0.05, 0) is 26.7 Å². The Labute approximate surface area is 78.0 Å². The van der Waals surface area contributed by atoms with Crippen LogP contribution in [0.25, 0.3) is 0 Å². The van der Waals surface area contributed by atoms with Crippen LogP contribution in [0.15, 0.2) is 0 Å². The van der Waals surface area contributed by atoms with Crippen LogP contribution in [0.3, 0.4) is 0 Å². The second-order valence-electron chi connectivity index (χ2n) is 4.48. The quantitative estimate of drug-likeness (QED) is 0.575. The van der Waals surface area contributed by atoms with E-state index in [0.29, 0.717) is 6.54 Å². The van der Waals surface area contributed by atoms with Crippen LogP contribution in [-0.4, -0.2) is 34.9 Å². The third-order valence-corrected chi connectivity index (χ3v) is 2.64. The summed E-state index contributed by atoms with van der Waals surface area (Å²) >= 11 is 0. The van der Waals surface area contributed by atoms with E-state index in [-0.39, 0.29) is 12.1 Å². The lowest BCUT2D eigenvalue weighted by atomic mass is 9.93. The lowest BCUT2D eigenvalue weighted by Gasteiger charge is -2.23. The second-order valence-corrected chi connectivity index (χ2v) is 4.48. The molecule has 0 unspecified atom stereocenters. The molecule has 0 amide bonds. The molecule has 4 heteroatoms. The van der Waals surface area contributed by atoms with E-state index < -0.39 is 11.4 Å². The Morgan fingerprint density at radius 3 is 2.38 bits per heavy atom. The smallest absolute Gasteiger partial charge is 0.310 e. The largest absolute Gasteiger partial charge is 0.481 e. The molecule has 0 spiro atoms. The number of carboxylic acid groups (broad SMARTS) is 1. The molecule has 0 aromatic rings. The summed E-state index contributed by atoms with van der Waals surface area (Å²) in [6.07, 6.45) is 1.89. The third-order valence-electron chi connectivity index (χ3n) is 2.64. The van der Waals surface area contributed by atoms with Gasteiger partial charge in [0.1, 0.15) is 0 Å². The van der Waals surface area contributed by atoms with Gasteiger partial charge in [0.05, 0.1) is 12.0 Å². The molecule has 1 aliphatic rings. The van der Waals surface area contributed by atoms with Crippen molar-refractivity contribution in [3.8, 4) is 0 Å². The molecule has 0 radical (unpaired) electrons. The van der Waals surface area contributed by atoms with Crippen LogP contribution >= 0.6 is 0 Å². The van der Waals surface area contributed by atoms with E-state index in [1.165, 1.54) is 0 Å². The molecule has 1 fully saturated rings. The Hall–Kier alpha value is -0.610. The van der Waals surface area contributed by atoms with E-state index in [4.69, 9.17) is 10.2 Å². The Balaban J connectivity index is 2.37. The minimum atomic E-state index is -0.811. The van der Waals surface area contributed by atoms with Crippen molar-refractivity contribution in [1.82, 2.24) is 5.32 Å². The molecule has 76 valence electrons. The summed E-state index contributed by atoms with van der Waals surface area (Å²) in [6, 6.07) is 0. The van der Waals surface area contributed by atoms with Gasteiger partial charge in [-0.3, -0.25) is 4.79 Å². The van der Waals surface area contributed by atoms with Gasteiger partial charge in [-0.1, -0.05) is 0 Å². The number of hydrogen-bond donors (Lipinski definition) is 3. The number of carboxylic acids is 1. The number of aliphatic carboxylic acids is 1. The van der Waals surface area contributed by atoms with Gasteiger partial charge < -0.3 is 15.5 Å². The number of aliphatic hydroxyl groups excluding tert-OH is 1. The van der Waals surface area contributed by atoms with E-state index in [9.17, 15) is 4.79 Å². The molecule has 1 aliphatic carbocycles. The molecule has 1 saturated carbocycles. The molecular formula is C9H17NO3. The van der Waals surface area contributed by atoms with E-state index in [2.05, 4.69) is 5.32 Å².